The molecule has 1 amide bonds. The zero-order valence-electron chi connectivity index (χ0n) is 11.4. The van der Waals surface area contributed by atoms with Crippen molar-refractivity contribution in [3.63, 3.8) is 0 Å². The van der Waals surface area contributed by atoms with Gasteiger partial charge in [-0.25, -0.2) is 4.98 Å². The fourth-order valence-electron chi connectivity index (χ4n) is 1.56. The Kier molecular flexibility index (Phi) is 4.37. The molecule has 2 rings (SSSR count). The summed E-state index contributed by atoms with van der Waals surface area (Å²) in [6.45, 7) is 6.94. The van der Waals surface area contributed by atoms with Crippen molar-refractivity contribution < 1.29 is 4.79 Å². The highest BCUT2D eigenvalue weighted by molar-refractivity contribution is 7.10. The van der Waals surface area contributed by atoms with Gasteiger partial charge in [0.25, 0.3) is 0 Å². The van der Waals surface area contributed by atoms with Gasteiger partial charge in [0.1, 0.15) is 0 Å². The molecule has 102 valence electrons. The average molecular weight is 294 g/mol. The zero-order chi connectivity index (χ0) is 13.9. The van der Waals surface area contributed by atoms with Gasteiger partial charge in [-0.3, -0.25) is 4.79 Å². The number of amides is 1. The van der Waals surface area contributed by atoms with E-state index in [1.54, 1.807) is 22.7 Å². The molecule has 0 aliphatic carbocycles. The van der Waals surface area contributed by atoms with Gasteiger partial charge in [-0.2, -0.15) is 0 Å². The molecule has 0 bridgehead atoms. The molecule has 0 atom stereocenters. The third kappa shape index (κ3) is 4.14. The van der Waals surface area contributed by atoms with Crippen molar-refractivity contribution in [2.45, 2.75) is 39.2 Å². The molecule has 0 saturated carbocycles. The Morgan fingerprint density at radius 1 is 1.37 bits per heavy atom. The summed E-state index contributed by atoms with van der Waals surface area (Å²) in [4.78, 5) is 17.4. The second-order valence-electron chi connectivity index (χ2n) is 5.43. The van der Waals surface area contributed by atoms with Gasteiger partial charge in [0.15, 0.2) is 0 Å². The number of thiophene rings is 1. The van der Waals surface area contributed by atoms with Crippen LogP contribution < -0.4 is 5.32 Å². The van der Waals surface area contributed by atoms with Crippen molar-refractivity contribution in [2.75, 3.05) is 0 Å². The predicted molar refractivity (Wildman–Crippen MR) is 80.7 cm³/mol. The molecule has 0 aromatic carbocycles. The molecule has 19 heavy (non-hydrogen) atoms. The standard InChI is InChI=1S/C14H18N2OS2/c1-14(2,3)13-16-10(9-19-13)8-15-12(17)7-11-5-4-6-18-11/h4-6,9H,7-8H2,1-3H3,(H,15,17). The SMILES string of the molecule is CC(C)(C)c1nc(CNC(=O)Cc2cccs2)cs1. The number of rotatable bonds is 4. The lowest BCUT2D eigenvalue weighted by Gasteiger charge is -2.13. The lowest BCUT2D eigenvalue weighted by molar-refractivity contribution is -0.120. The minimum atomic E-state index is 0.0489. The van der Waals surface area contributed by atoms with Crippen LogP contribution in [0.3, 0.4) is 0 Å². The van der Waals surface area contributed by atoms with E-state index in [1.807, 2.05) is 22.9 Å². The van der Waals surface area contributed by atoms with Crippen molar-refractivity contribution in [1.82, 2.24) is 10.3 Å². The zero-order valence-corrected chi connectivity index (χ0v) is 13.0. The Bertz CT molecular complexity index is 538. The first kappa shape index (κ1) is 14.2. The van der Waals surface area contributed by atoms with E-state index in [0.29, 0.717) is 13.0 Å². The first-order chi connectivity index (χ1) is 8.95. The van der Waals surface area contributed by atoms with Crippen LogP contribution >= 0.6 is 22.7 Å². The quantitative estimate of drug-likeness (QED) is 0.939. The van der Waals surface area contributed by atoms with E-state index in [1.165, 1.54) is 0 Å². The Morgan fingerprint density at radius 2 is 2.16 bits per heavy atom. The molecule has 1 N–H and O–H groups in total. The predicted octanol–water partition coefficient (Wildman–Crippen LogP) is 3.36. The molecule has 0 aliphatic rings. The topological polar surface area (TPSA) is 42.0 Å². The highest BCUT2D eigenvalue weighted by atomic mass is 32.1. The van der Waals surface area contributed by atoms with Gasteiger partial charge in [-0.1, -0.05) is 26.8 Å². The second kappa shape index (κ2) is 5.84. The molecule has 0 spiro atoms. The van der Waals surface area contributed by atoms with Crippen LogP contribution in [0.2, 0.25) is 0 Å². The lowest BCUT2D eigenvalue weighted by atomic mass is 9.98. The van der Waals surface area contributed by atoms with E-state index in [2.05, 4.69) is 31.1 Å². The van der Waals surface area contributed by atoms with Crippen molar-refractivity contribution in [3.05, 3.63) is 38.5 Å². The monoisotopic (exact) mass is 294 g/mol. The number of nitrogens with one attached hydrogen (secondary N) is 1. The minimum Gasteiger partial charge on any atom is -0.350 e. The van der Waals surface area contributed by atoms with E-state index in [4.69, 9.17) is 0 Å². The average Bonchev–Trinajstić information content (AvgIpc) is 2.95. The molecule has 5 heteroatoms. The van der Waals surface area contributed by atoms with Crippen LogP contribution in [0.1, 0.15) is 36.3 Å². The molecule has 0 fully saturated rings. The molecule has 0 aliphatic heterocycles. The van der Waals surface area contributed by atoms with Crippen molar-refractivity contribution in [1.29, 1.82) is 0 Å². The third-order valence-electron chi connectivity index (χ3n) is 2.57. The fraction of sp³-hybridized carbons (Fsp3) is 0.429. The summed E-state index contributed by atoms with van der Waals surface area (Å²) in [5, 5.41) is 8.03. The van der Waals surface area contributed by atoms with E-state index < -0.39 is 0 Å². The number of thiazole rings is 1. The highest BCUT2D eigenvalue weighted by Crippen LogP contribution is 2.25. The van der Waals surface area contributed by atoms with Gasteiger partial charge in [-0.15, -0.1) is 22.7 Å². The Hall–Kier alpha value is -1.20. The van der Waals surface area contributed by atoms with Crippen molar-refractivity contribution in [3.8, 4) is 0 Å². The van der Waals surface area contributed by atoms with Gasteiger partial charge >= 0.3 is 0 Å². The molecule has 0 unspecified atom stereocenters. The van der Waals surface area contributed by atoms with Crippen LogP contribution in [0.15, 0.2) is 22.9 Å². The van der Waals surface area contributed by atoms with Crippen LogP contribution in [-0.2, 0) is 23.2 Å². The highest BCUT2D eigenvalue weighted by Gasteiger charge is 2.18. The van der Waals surface area contributed by atoms with Gasteiger partial charge < -0.3 is 5.32 Å². The number of aromatic nitrogens is 1. The first-order valence-corrected chi connectivity index (χ1v) is 7.95. The van der Waals surface area contributed by atoms with Crippen molar-refractivity contribution >= 4 is 28.6 Å². The van der Waals surface area contributed by atoms with Crippen LogP contribution in [0.25, 0.3) is 0 Å². The lowest BCUT2D eigenvalue weighted by Crippen LogP contribution is -2.24. The van der Waals surface area contributed by atoms with Gasteiger partial charge in [0.2, 0.25) is 5.91 Å². The molecule has 2 aromatic rings. The smallest absolute Gasteiger partial charge is 0.225 e. The molecule has 2 heterocycles. The largest absolute Gasteiger partial charge is 0.350 e. The maximum absolute atomic E-state index is 11.8. The minimum absolute atomic E-state index is 0.0489. The molecular weight excluding hydrogens is 276 g/mol. The van der Waals surface area contributed by atoms with Gasteiger partial charge in [0.05, 0.1) is 23.7 Å². The van der Waals surface area contributed by atoms with Crippen LogP contribution in [-0.4, -0.2) is 10.9 Å². The Morgan fingerprint density at radius 3 is 2.74 bits per heavy atom. The second-order valence-corrected chi connectivity index (χ2v) is 7.32. The summed E-state index contributed by atoms with van der Waals surface area (Å²) in [5.41, 5.74) is 1.01. The van der Waals surface area contributed by atoms with E-state index in [-0.39, 0.29) is 11.3 Å². The Balaban J connectivity index is 1.85. The normalized spacial score (nSPS) is 11.5. The maximum Gasteiger partial charge on any atom is 0.225 e. The van der Waals surface area contributed by atoms with Crippen molar-refractivity contribution in [2.24, 2.45) is 0 Å². The number of carbonyl (C=O) groups is 1. The molecular formula is C14H18N2OS2. The fourth-order valence-corrected chi connectivity index (χ4v) is 3.17. The molecule has 0 radical (unpaired) electrons. The number of hydrogen-bond acceptors (Lipinski definition) is 4. The van der Waals surface area contributed by atoms with Crippen LogP contribution in [0, 0.1) is 0 Å². The van der Waals surface area contributed by atoms with E-state index in [9.17, 15) is 4.79 Å². The van der Waals surface area contributed by atoms with Gasteiger partial charge in [-0.05, 0) is 11.4 Å². The summed E-state index contributed by atoms with van der Waals surface area (Å²) in [7, 11) is 0. The third-order valence-corrected chi connectivity index (χ3v) is 4.77. The molecule has 2 aromatic heterocycles. The summed E-state index contributed by atoms with van der Waals surface area (Å²) in [5.74, 6) is 0.0489. The van der Waals surface area contributed by atoms with Gasteiger partial charge in [0, 0.05) is 15.7 Å². The summed E-state index contributed by atoms with van der Waals surface area (Å²) >= 11 is 3.26. The number of nitrogens with zero attached hydrogens (tertiary/aromatic N) is 1. The van der Waals surface area contributed by atoms with E-state index in [0.717, 1.165) is 15.6 Å². The Labute approximate surface area is 121 Å². The summed E-state index contributed by atoms with van der Waals surface area (Å²) < 4.78 is 0. The molecule has 0 saturated heterocycles. The summed E-state index contributed by atoms with van der Waals surface area (Å²) in [6, 6.07) is 3.94. The first-order valence-electron chi connectivity index (χ1n) is 6.19. The van der Waals surface area contributed by atoms with Crippen LogP contribution in [0.4, 0.5) is 0 Å². The van der Waals surface area contributed by atoms with E-state index >= 15 is 0 Å². The van der Waals surface area contributed by atoms with Crippen LogP contribution in [0.5, 0.6) is 0 Å². The number of carbonyl (C=O) groups excluding carboxylic acids is 1. The maximum atomic E-state index is 11.8. The molecule has 3 nitrogen and oxygen atoms in total. The summed E-state index contributed by atoms with van der Waals surface area (Å²) in [6.07, 6.45) is 0.452. The number of hydrogen-bond donors (Lipinski definition) is 1.